The molecule has 0 radical (unpaired) electrons. The second kappa shape index (κ2) is 6.09. The first-order valence-electron chi connectivity index (χ1n) is 5.54. The maximum absolute atomic E-state index is 11.7. The van der Waals surface area contributed by atoms with E-state index >= 15 is 0 Å². The topological polar surface area (TPSA) is 49.0 Å². The SMILES string of the molecule is CCN(CC)CCn1cccc(C#N)c1=O. The predicted molar refractivity (Wildman–Crippen MR) is 63.2 cm³/mol. The lowest BCUT2D eigenvalue weighted by molar-refractivity contribution is 0.289. The Labute approximate surface area is 95.7 Å². The van der Waals surface area contributed by atoms with E-state index in [1.54, 1.807) is 22.9 Å². The molecule has 1 heterocycles. The minimum atomic E-state index is -0.197. The summed E-state index contributed by atoms with van der Waals surface area (Å²) in [5.74, 6) is 0. The third kappa shape index (κ3) is 2.94. The molecule has 1 aromatic heterocycles. The highest BCUT2D eigenvalue weighted by Gasteiger charge is 2.03. The third-order valence-corrected chi connectivity index (χ3v) is 2.69. The summed E-state index contributed by atoms with van der Waals surface area (Å²) in [6, 6.07) is 5.19. The Hall–Kier alpha value is -1.60. The minimum Gasteiger partial charge on any atom is -0.313 e. The molecule has 0 amide bonds. The summed E-state index contributed by atoms with van der Waals surface area (Å²) in [4.78, 5) is 14.0. The molecular weight excluding hydrogens is 202 g/mol. The maximum Gasteiger partial charge on any atom is 0.268 e. The summed E-state index contributed by atoms with van der Waals surface area (Å²) >= 11 is 0. The largest absolute Gasteiger partial charge is 0.313 e. The van der Waals surface area contributed by atoms with Crippen molar-refractivity contribution < 1.29 is 0 Å². The summed E-state index contributed by atoms with van der Waals surface area (Å²) in [6.45, 7) is 7.61. The van der Waals surface area contributed by atoms with E-state index in [1.807, 2.05) is 6.07 Å². The van der Waals surface area contributed by atoms with Gasteiger partial charge in [0.15, 0.2) is 0 Å². The summed E-state index contributed by atoms with van der Waals surface area (Å²) in [5, 5.41) is 8.74. The molecule has 0 N–H and O–H groups in total. The van der Waals surface area contributed by atoms with E-state index < -0.39 is 0 Å². The van der Waals surface area contributed by atoms with Gasteiger partial charge in [0.2, 0.25) is 0 Å². The number of pyridine rings is 1. The quantitative estimate of drug-likeness (QED) is 0.744. The number of hydrogen-bond donors (Lipinski definition) is 0. The van der Waals surface area contributed by atoms with Gasteiger partial charge < -0.3 is 9.47 Å². The van der Waals surface area contributed by atoms with Gasteiger partial charge in [-0.2, -0.15) is 5.26 Å². The number of nitrogens with zero attached hydrogens (tertiary/aromatic N) is 3. The van der Waals surface area contributed by atoms with Gasteiger partial charge in [-0.3, -0.25) is 4.79 Å². The molecule has 1 rings (SSSR count). The molecule has 4 heteroatoms. The number of rotatable bonds is 5. The van der Waals surface area contributed by atoms with Crippen molar-refractivity contribution in [2.45, 2.75) is 20.4 Å². The van der Waals surface area contributed by atoms with Crippen LogP contribution in [0.15, 0.2) is 23.1 Å². The van der Waals surface area contributed by atoms with Gasteiger partial charge in [0, 0.05) is 19.3 Å². The molecule has 0 unspecified atom stereocenters. The molecule has 0 saturated carbocycles. The second-order valence-corrected chi connectivity index (χ2v) is 3.56. The lowest BCUT2D eigenvalue weighted by Gasteiger charge is -2.18. The Balaban J connectivity index is 2.76. The lowest BCUT2D eigenvalue weighted by atomic mass is 10.3. The summed E-state index contributed by atoms with van der Waals surface area (Å²) < 4.78 is 1.59. The van der Waals surface area contributed by atoms with Crippen LogP contribution in [0.3, 0.4) is 0 Å². The summed E-state index contributed by atoms with van der Waals surface area (Å²) in [7, 11) is 0. The highest BCUT2D eigenvalue weighted by Crippen LogP contribution is 1.92. The van der Waals surface area contributed by atoms with Crippen molar-refractivity contribution in [2.75, 3.05) is 19.6 Å². The van der Waals surface area contributed by atoms with Crippen LogP contribution in [0.25, 0.3) is 0 Å². The van der Waals surface area contributed by atoms with Crippen LogP contribution in [0.5, 0.6) is 0 Å². The molecule has 0 bridgehead atoms. The third-order valence-electron chi connectivity index (χ3n) is 2.69. The van der Waals surface area contributed by atoms with Crippen LogP contribution < -0.4 is 5.56 Å². The molecule has 0 atom stereocenters. The highest BCUT2D eigenvalue weighted by molar-refractivity contribution is 5.24. The Morgan fingerprint density at radius 1 is 1.44 bits per heavy atom. The first-order valence-corrected chi connectivity index (χ1v) is 5.54. The number of nitriles is 1. The van der Waals surface area contributed by atoms with E-state index in [1.165, 1.54) is 0 Å². The van der Waals surface area contributed by atoms with Crippen molar-refractivity contribution in [1.82, 2.24) is 9.47 Å². The monoisotopic (exact) mass is 219 g/mol. The second-order valence-electron chi connectivity index (χ2n) is 3.56. The zero-order chi connectivity index (χ0) is 12.0. The number of likely N-dealkylation sites (N-methyl/N-ethyl adjacent to an activating group) is 1. The fourth-order valence-corrected chi connectivity index (χ4v) is 1.59. The Kier molecular flexibility index (Phi) is 4.74. The van der Waals surface area contributed by atoms with Crippen LogP contribution >= 0.6 is 0 Å². The average molecular weight is 219 g/mol. The van der Waals surface area contributed by atoms with Gasteiger partial charge in [-0.25, -0.2) is 0 Å². The van der Waals surface area contributed by atoms with E-state index in [0.717, 1.165) is 19.6 Å². The molecule has 4 nitrogen and oxygen atoms in total. The minimum absolute atomic E-state index is 0.197. The summed E-state index contributed by atoms with van der Waals surface area (Å²) in [5.41, 5.74) is 0.0132. The van der Waals surface area contributed by atoms with E-state index in [2.05, 4.69) is 18.7 Å². The van der Waals surface area contributed by atoms with Gasteiger partial charge >= 0.3 is 0 Å². The first-order chi connectivity index (χ1) is 7.72. The van der Waals surface area contributed by atoms with E-state index in [-0.39, 0.29) is 11.1 Å². The van der Waals surface area contributed by atoms with Crippen molar-refractivity contribution in [1.29, 1.82) is 5.26 Å². The smallest absolute Gasteiger partial charge is 0.268 e. The first kappa shape index (κ1) is 12.5. The van der Waals surface area contributed by atoms with E-state index in [4.69, 9.17) is 5.26 Å². The predicted octanol–water partition coefficient (Wildman–Crippen LogP) is 1.06. The van der Waals surface area contributed by atoms with Crippen LogP contribution in [-0.4, -0.2) is 29.1 Å². The molecular formula is C12H17N3O. The Bertz CT molecular complexity index is 427. The zero-order valence-corrected chi connectivity index (χ0v) is 9.81. The van der Waals surface area contributed by atoms with Crippen LogP contribution in [0.2, 0.25) is 0 Å². The van der Waals surface area contributed by atoms with Gasteiger partial charge in [-0.15, -0.1) is 0 Å². The maximum atomic E-state index is 11.7. The molecule has 0 spiro atoms. The van der Waals surface area contributed by atoms with Crippen LogP contribution in [-0.2, 0) is 6.54 Å². The standard InChI is InChI=1S/C12H17N3O/c1-3-14(4-2)8-9-15-7-5-6-11(10-13)12(15)16/h5-7H,3-4,8-9H2,1-2H3. The molecule has 0 aliphatic heterocycles. The normalized spacial score (nSPS) is 10.4. The van der Waals surface area contributed by atoms with Gasteiger partial charge in [0.05, 0.1) is 0 Å². The number of aromatic nitrogens is 1. The number of hydrogen-bond acceptors (Lipinski definition) is 3. The Morgan fingerprint density at radius 3 is 2.69 bits per heavy atom. The van der Waals surface area contributed by atoms with Crippen molar-refractivity contribution in [3.63, 3.8) is 0 Å². The van der Waals surface area contributed by atoms with Crippen molar-refractivity contribution in [3.8, 4) is 6.07 Å². The molecule has 0 aliphatic rings. The van der Waals surface area contributed by atoms with E-state index in [0.29, 0.717) is 6.54 Å². The van der Waals surface area contributed by atoms with Gasteiger partial charge in [0.1, 0.15) is 11.6 Å². The highest BCUT2D eigenvalue weighted by atomic mass is 16.1. The average Bonchev–Trinajstić information content (AvgIpc) is 2.32. The fourth-order valence-electron chi connectivity index (χ4n) is 1.59. The van der Waals surface area contributed by atoms with Gasteiger partial charge in [-0.05, 0) is 25.2 Å². The van der Waals surface area contributed by atoms with Crippen molar-refractivity contribution in [2.24, 2.45) is 0 Å². The molecule has 0 saturated heterocycles. The molecule has 0 aliphatic carbocycles. The van der Waals surface area contributed by atoms with Crippen LogP contribution in [0.1, 0.15) is 19.4 Å². The molecule has 1 aromatic rings. The van der Waals surface area contributed by atoms with Crippen LogP contribution in [0, 0.1) is 11.3 Å². The Morgan fingerprint density at radius 2 is 2.12 bits per heavy atom. The zero-order valence-electron chi connectivity index (χ0n) is 9.81. The molecule has 86 valence electrons. The molecule has 16 heavy (non-hydrogen) atoms. The van der Waals surface area contributed by atoms with Crippen molar-refractivity contribution >= 4 is 0 Å². The van der Waals surface area contributed by atoms with Crippen molar-refractivity contribution in [3.05, 3.63) is 34.2 Å². The fraction of sp³-hybridized carbons (Fsp3) is 0.500. The van der Waals surface area contributed by atoms with E-state index in [9.17, 15) is 4.79 Å². The molecule has 0 fully saturated rings. The van der Waals surface area contributed by atoms with Gasteiger partial charge in [-0.1, -0.05) is 13.8 Å². The summed E-state index contributed by atoms with van der Waals surface area (Å²) in [6.07, 6.45) is 1.73. The van der Waals surface area contributed by atoms with Gasteiger partial charge in [0.25, 0.3) is 5.56 Å². The van der Waals surface area contributed by atoms with Crippen LogP contribution in [0.4, 0.5) is 0 Å². The molecule has 0 aromatic carbocycles. The lowest BCUT2D eigenvalue weighted by Crippen LogP contribution is -2.31.